The summed E-state index contributed by atoms with van der Waals surface area (Å²) in [5.41, 5.74) is 3.30. The van der Waals surface area contributed by atoms with E-state index in [0.29, 0.717) is 34.8 Å². The highest BCUT2D eigenvalue weighted by molar-refractivity contribution is 6.04. The highest BCUT2D eigenvalue weighted by atomic mass is 16.1. The molecule has 1 aromatic carbocycles. The van der Waals surface area contributed by atoms with Crippen LogP contribution in [0.5, 0.6) is 0 Å². The maximum Gasteiger partial charge on any atom is 0.256 e. The smallest absolute Gasteiger partial charge is 0.256 e. The van der Waals surface area contributed by atoms with Crippen LogP contribution in [-0.4, -0.2) is 39.8 Å². The summed E-state index contributed by atoms with van der Waals surface area (Å²) in [4.78, 5) is 34.1. The molecule has 0 atom stereocenters. The van der Waals surface area contributed by atoms with Gasteiger partial charge in [-0.2, -0.15) is 9.78 Å². The summed E-state index contributed by atoms with van der Waals surface area (Å²) in [5, 5.41) is 7.21. The monoisotopic (exact) mass is 380 g/mol. The molecule has 0 saturated heterocycles. The predicted molar refractivity (Wildman–Crippen MR) is 110 cm³/mol. The van der Waals surface area contributed by atoms with Crippen LogP contribution in [0, 0.1) is 13.8 Å². The molecule has 2 heterocycles. The van der Waals surface area contributed by atoms with Gasteiger partial charge in [-0.15, -0.1) is 0 Å². The Hall–Kier alpha value is -3.42. The standard InChI is InChI=1S/C20H24N6O2/c1-6-16-13(3)21-20(23-19(16)28)26-17(11-12(2)24-26)22-18(27)14-7-9-15(10-8-14)25(4)5/h7-11H,6H2,1-5H3,(H,22,27)(H,21,23,28). The molecule has 3 rings (SSSR count). The maximum absolute atomic E-state index is 12.7. The summed E-state index contributed by atoms with van der Waals surface area (Å²) < 4.78 is 1.44. The number of hydrogen-bond donors (Lipinski definition) is 2. The second kappa shape index (κ2) is 7.67. The second-order valence-electron chi connectivity index (χ2n) is 6.79. The van der Waals surface area contributed by atoms with Gasteiger partial charge in [0.25, 0.3) is 11.5 Å². The first-order valence-corrected chi connectivity index (χ1v) is 9.05. The Labute approximate surface area is 163 Å². The SMILES string of the molecule is CCc1c(C)nc(-n2nc(C)cc2NC(=O)c2ccc(N(C)C)cc2)[nH]c1=O. The van der Waals surface area contributed by atoms with E-state index in [4.69, 9.17) is 0 Å². The fourth-order valence-corrected chi connectivity index (χ4v) is 2.96. The lowest BCUT2D eigenvalue weighted by molar-refractivity contribution is 0.102. The topological polar surface area (TPSA) is 95.9 Å². The molecule has 146 valence electrons. The van der Waals surface area contributed by atoms with Gasteiger partial charge >= 0.3 is 0 Å². The van der Waals surface area contributed by atoms with Crippen molar-refractivity contribution < 1.29 is 4.79 Å². The van der Waals surface area contributed by atoms with Gasteiger partial charge in [-0.3, -0.25) is 14.6 Å². The Kier molecular flexibility index (Phi) is 5.30. The number of hydrogen-bond acceptors (Lipinski definition) is 5. The van der Waals surface area contributed by atoms with E-state index in [1.54, 1.807) is 25.1 Å². The number of anilines is 2. The molecule has 8 heteroatoms. The quantitative estimate of drug-likeness (QED) is 0.709. The molecule has 2 N–H and O–H groups in total. The summed E-state index contributed by atoms with van der Waals surface area (Å²) in [5.74, 6) is 0.438. The third-order valence-electron chi connectivity index (χ3n) is 4.48. The van der Waals surface area contributed by atoms with Crippen LogP contribution in [0.2, 0.25) is 0 Å². The van der Waals surface area contributed by atoms with Crippen LogP contribution in [-0.2, 0) is 6.42 Å². The molecule has 3 aromatic rings. The van der Waals surface area contributed by atoms with E-state index in [-0.39, 0.29) is 17.4 Å². The summed E-state index contributed by atoms with van der Waals surface area (Å²) in [7, 11) is 3.88. The minimum absolute atomic E-state index is 0.199. The summed E-state index contributed by atoms with van der Waals surface area (Å²) >= 11 is 0. The molecule has 0 aliphatic rings. The van der Waals surface area contributed by atoms with E-state index < -0.39 is 0 Å². The molecule has 1 amide bonds. The Bertz CT molecular complexity index is 1060. The van der Waals surface area contributed by atoms with Crippen LogP contribution >= 0.6 is 0 Å². The van der Waals surface area contributed by atoms with E-state index in [9.17, 15) is 9.59 Å². The third kappa shape index (κ3) is 3.80. The molecule has 0 unspecified atom stereocenters. The number of H-pyrrole nitrogens is 1. The van der Waals surface area contributed by atoms with Gasteiger partial charge in [-0.05, 0) is 44.5 Å². The fourth-order valence-electron chi connectivity index (χ4n) is 2.96. The predicted octanol–water partition coefficient (Wildman–Crippen LogP) is 2.45. The lowest BCUT2D eigenvalue weighted by Crippen LogP contribution is -2.22. The lowest BCUT2D eigenvalue weighted by Gasteiger charge is -2.13. The van der Waals surface area contributed by atoms with Crippen LogP contribution in [0.25, 0.3) is 5.95 Å². The minimum atomic E-state index is -0.268. The van der Waals surface area contributed by atoms with Gasteiger partial charge in [-0.1, -0.05) is 6.92 Å². The number of carbonyl (C=O) groups is 1. The summed E-state index contributed by atoms with van der Waals surface area (Å²) in [6.45, 7) is 5.51. The molecule has 0 saturated carbocycles. The number of nitrogens with zero attached hydrogens (tertiary/aromatic N) is 4. The first-order valence-electron chi connectivity index (χ1n) is 9.05. The van der Waals surface area contributed by atoms with Crippen LogP contribution < -0.4 is 15.8 Å². The number of aromatic amines is 1. The molecule has 0 radical (unpaired) electrons. The van der Waals surface area contributed by atoms with E-state index >= 15 is 0 Å². The molecule has 0 spiro atoms. The van der Waals surface area contributed by atoms with Crippen LogP contribution in [0.1, 0.15) is 34.2 Å². The first kappa shape index (κ1) is 19.3. The number of aryl methyl sites for hydroxylation is 2. The van der Waals surface area contributed by atoms with E-state index in [0.717, 1.165) is 5.69 Å². The van der Waals surface area contributed by atoms with Crippen molar-refractivity contribution in [2.75, 3.05) is 24.3 Å². The van der Waals surface area contributed by atoms with Crippen molar-refractivity contribution in [2.24, 2.45) is 0 Å². The molecule has 0 aliphatic heterocycles. The van der Waals surface area contributed by atoms with E-state index in [2.05, 4.69) is 20.4 Å². The van der Waals surface area contributed by atoms with Gasteiger partial charge in [-0.25, -0.2) is 4.98 Å². The van der Waals surface area contributed by atoms with E-state index in [1.807, 2.05) is 45.0 Å². The van der Waals surface area contributed by atoms with Crippen LogP contribution in [0.3, 0.4) is 0 Å². The molecular formula is C20H24N6O2. The number of aromatic nitrogens is 4. The van der Waals surface area contributed by atoms with Gasteiger partial charge in [0.05, 0.1) is 5.69 Å². The van der Waals surface area contributed by atoms with Crippen molar-refractivity contribution >= 4 is 17.4 Å². The van der Waals surface area contributed by atoms with Crippen LogP contribution in [0.15, 0.2) is 35.1 Å². The van der Waals surface area contributed by atoms with E-state index in [1.165, 1.54) is 4.68 Å². The Morgan fingerprint density at radius 2 is 1.89 bits per heavy atom. The van der Waals surface area contributed by atoms with Crippen LogP contribution in [0.4, 0.5) is 11.5 Å². The maximum atomic E-state index is 12.7. The zero-order valence-electron chi connectivity index (χ0n) is 16.7. The highest BCUT2D eigenvalue weighted by Crippen LogP contribution is 2.17. The average molecular weight is 380 g/mol. The van der Waals surface area contributed by atoms with Gasteiger partial charge < -0.3 is 10.2 Å². The highest BCUT2D eigenvalue weighted by Gasteiger charge is 2.16. The van der Waals surface area contributed by atoms with Crippen molar-refractivity contribution in [3.8, 4) is 5.95 Å². The Morgan fingerprint density at radius 1 is 1.21 bits per heavy atom. The third-order valence-corrected chi connectivity index (χ3v) is 4.48. The molecule has 8 nitrogen and oxygen atoms in total. The van der Waals surface area contributed by atoms with Crippen molar-refractivity contribution in [2.45, 2.75) is 27.2 Å². The number of rotatable bonds is 5. The van der Waals surface area contributed by atoms with Gasteiger partial charge in [0.15, 0.2) is 0 Å². The first-order chi connectivity index (χ1) is 13.3. The molecular weight excluding hydrogens is 356 g/mol. The summed E-state index contributed by atoms with van der Waals surface area (Å²) in [6, 6.07) is 9.01. The lowest BCUT2D eigenvalue weighted by atomic mass is 10.2. The molecule has 0 aliphatic carbocycles. The largest absolute Gasteiger partial charge is 0.378 e. The number of carbonyl (C=O) groups excluding carboxylic acids is 1. The Morgan fingerprint density at radius 3 is 2.46 bits per heavy atom. The van der Waals surface area contributed by atoms with Gasteiger partial charge in [0.1, 0.15) is 5.82 Å². The Balaban J connectivity index is 1.92. The summed E-state index contributed by atoms with van der Waals surface area (Å²) in [6.07, 6.45) is 0.596. The van der Waals surface area contributed by atoms with Crippen molar-refractivity contribution in [3.63, 3.8) is 0 Å². The minimum Gasteiger partial charge on any atom is -0.378 e. The number of benzene rings is 1. The molecule has 28 heavy (non-hydrogen) atoms. The van der Waals surface area contributed by atoms with Crippen molar-refractivity contribution in [1.82, 2.24) is 19.7 Å². The number of nitrogens with one attached hydrogen (secondary N) is 2. The molecule has 0 bridgehead atoms. The molecule has 2 aromatic heterocycles. The molecule has 0 fully saturated rings. The van der Waals surface area contributed by atoms with Crippen molar-refractivity contribution in [3.05, 3.63) is 63.2 Å². The average Bonchev–Trinajstić information content (AvgIpc) is 3.01. The fraction of sp³-hybridized carbons (Fsp3) is 0.300. The zero-order chi connectivity index (χ0) is 20.4. The second-order valence-corrected chi connectivity index (χ2v) is 6.79. The normalized spacial score (nSPS) is 10.8. The number of amides is 1. The zero-order valence-corrected chi connectivity index (χ0v) is 16.7. The van der Waals surface area contributed by atoms with Crippen molar-refractivity contribution in [1.29, 1.82) is 0 Å². The van der Waals surface area contributed by atoms with Gasteiger partial charge in [0, 0.05) is 42.7 Å². The van der Waals surface area contributed by atoms with Gasteiger partial charge in [0.2, 0.25) is 5.95 Å².